The van der Waals surface area contributed by atoms with Gasteiger partial charge in [-0.3, -0.25) is 24.4 Å². The molecule has 3 N–H and O–H groups in total. The van der Waals surface area contributed by atoms with E-state index < -0.39 is 26.1 Å². The van der Waals surface area contributed by atoms with E-state index in [4.69, 9.17) is 0 Å². The van der Waals surface area contributed by atoms with Gasteiger partial charge in [-0.2, -0.15) is 0 Å². The smallest absolute Gasteiger partial charge is 0.314 e. The van der Waals surface area contributed by atoms with Crippen molar-refractivity contribution in [1.82, 2.24) is 9.97 Å². The van der Waals surface area contributed by atoms with Crippen molar-refractivity contribution in [3.05, 3.63) is 73.3 Å². The summed E-state index contributed by atoms with van der Waals surface area (Å²) in [7, 11) is -4.06. The molecule has 3 aromatic rings. The van der Waals surface area contributed by atoms with Crippen LogP contribution in [0.15, 0.2) is 56.9 Å². The van der Waals surface area contributed by atoms with Crippen molar-refractivity contribution in [1.29, 1.82) is 0 Å². The Morgan fingerprint density at radius 2 is 1.64 bits per heavy atom. The predicted molar refractivity (Wildman–Crippen MR) is 89.1 cm³/mol. The fraction of sp³-hybridized carbons (Fsp3) is 0. The molecule has 1 aromatic heterocycles. The number of anilines is 1. The van der Waals surface area contributed by atoms with Crippen molar-refractivity contribution in [3.63, 3.8) is 0 Å². The van der Waals surface area contributed by atoms with Gasteiger partial charge in [0.2, 0.25) is 0 Å². The number of nitro benzene ring substituents is 1. The summed E-state index contributed by atoms with van der Waals surface area (Å²) >= 11 is 0. The number of H-pyrrole nitrogens is 2. The molecule has 2 aromatic carbocycles. The minimum Gasteiger partial charge on any atom is -0.316 e. The third-order valence-electron chi connectivity index (χ3n) is 3.31. The van der Waals surface area contributed by atoms with Crippen molar-refractivity contribution in [2.24, 2.45) is 0 Å². The van der Waals surface area contributed by atoms with E-state index in [0.717, 1.165) is 6.07 Å². The standard InChI is InChI=1S/C14H10N4O6S/c19-13-14(20)16-12-7-10(4-5-11(12)15-13)25(23,24)17-8-2-1-3-9(6-8)18(21)22/h1-7,17H,(H,15,19)(H,16,20). The Labute approximate surface area is 139 Å². The minimum absolute atomic E-state index is 0.0178. The lowest BCUT2D eigenvalue weighted by Gasteiger charge is -2.08. The Hall–Kier alpha value is -3.47. The number of nitrogens with one attached hydrogen (secondary N) is 3. The largest absolute Gasteiger partial charge is 0.316 e. The van der Waals surface area contributed by atoms with E-state index in [0.29, 0.717) is 0 Å². The molecular weight excluding hydrogens is 352 g/mol. The number of rotatable bonds is 4. The van der Waals surface area contributed by atoms with Crippen LogP contribution in [0, 0.1) is 10.1 Å². The highest BCUT2D eigenvalue weighted by Crippen LogP contribution is 2.21. The molecule has 0 spiro atoms. The molecule has 0 unspecified atom stereocenters. The van der Waals surface area contributed by atoms with E-state index >= 15 is 0 Å². The van der Waals surface area contributed by atoms with Crippen LogP contribution in [0.2, 0.25) is 0 Å². The van der Waals surface area contributed by atoms with Gasteiger partial charge in [0.15, 0.2) is 0 Å². The second-order valence-corrected chi connectivity index (χ2v) is 6.71. The molecule has 1 heterocycles. The highest BCUT2D eigenvalue weighted by Gasteiger charge is 2.17. The van der Waals surface area contributed by atoms with Crippen molar-refractivity contribution in [2.45, 2.75) is 4.90 Å². The second-order valence-electron chi connectivity index (χ2n) is 5.03. The van der Waals surface area contributed by atoms with Crippen LogP contribution in [-0.2, 0) is 10.0 Å². The first-order valence-corrected chi connectivity index (χ1v) is 8.28. The Morgan fingerprint density at radius 3 is 2.32 bits per heavy atom. The van der Waals surface area contributed by atoms with Crippen molar-refractivity contribution in [2.75, 3.05) is 4.72 Å². The average Bonchev–Trinajstić information content (AvgIpc) is 2.55. The van der Waals surface area contributed by atoms with Crippen molar-refractivity contribution < 1.29 is 13.3 Å². The number of non-ortho nitro benzene ring substituents is 1. The third-order valence-corrected chi connectivity index (χ3v) is 4.69. The summed E-state index contributed by atoms with van der Waals surface area (Å²) in [6.45, 7) is 0. The van der Waals surface area contributed by atoms with Crippen LogP contribution in [0.4, 0.5) is 11.4 Å². The summed E-state index contributed by atoms with van der Waals surface area (Å²) in [5.74, 6) is 0. The molecular formula is C14H10N4O6S. The molecule has 0 atom stereocenters. The highest BCUT2D eigenvalue weighted by atomic mass is 32.2. The van der Waals surface area contributed by atoms with Crippen LogP contribution in [0.1, 0.15) is 0 Å². The zero-order valence-corrected chi connectivity index (χ0v) is 13.2. The summed E-state index contributed by atoms with van der Waals surface area (Å²) in [5.41, 5.74) is -1.61. The second kappa shape index (κ2) is 5.87. The van der Waals surface area contributed by atoms with Gasteiger partial charge in [-0.15, -0.1) is 0 Å². The summed E-state index contributed by atoms with van der Waals surface area (Å²) in [5, 5.41) is 10.8. The van der Waals surface area contributed by atoms with Crippen LogP contribution < -0.4 is 15.8 Å². The first-order chi connectivity index (χ1) is 11.8. The van der Waals surface area contributed by atoms with E-state index in [1.165, 1.54) is 36.4 Å². The fourth-order valence-corrected chi connectivity index (χ4v) is 3.23. The number of nitrogens with zero attached hydrogens (tertiary/aromatic N) is 1. The number of sulfonamides is 1. The number of aromatic amines is 2. The number of aromatic nitrogens is 2. The van der Waals surface area contributed by atoms with Gasteiger partial charge in [-0.25, -0.2) is 8.42 Å². The monoisotopic (exact) mass is 362 g/mol. The molecule has 0 amide bonds. The van der Waals surface area contributed by atoms with E-state index in [1.54, 1.807) is 0 Å². The van der Waals surface area contributed by atoms with E-state index in [1.807, 2.05) is 0 Å². The van der Waals surface area contributed by atoms with E-state index in [-0.39, 0.29) is 27.3 Å². The number of hydrogen-bond acceptors (Lipinski definition) is 6. The lowest BCUT2D eigenvalue weighted by molar-refractivity contribution is -0.384. The molecule has 25 heavy (non-hydrogen) atoms. The molecule has 0 aliphatic carbocycles. The Morgan fingerprint density at radius 1 is 0.960 bits per heavy atom. The molecule has 0 aliphatic heterocycles. The van der Waals surface area contributed by atoms with E-state index in [9.17, 15) is 28.1 Å². The maximum Gasteiger partial charge on any atom is 0.314 e. The van der Waals surface area contributed by atoms with Gasteiger partial charge < -0.3 is 9.97 Å². The zero-order valence-electron chi connectivity index (χ0n) is 12.3. The molecule has 0 fully saturated rings. The lowest BCUT2D eigenvalue weighted by Crippen LogP contribution is -2.29. The van der Waals surface area contributed by atoms with Crippen LogP contribution in [0.3, 0.4) is 0 Å². The van der Waals surface area contributed by atoms with Crippen molar-refractivity contribution in [3.8, 4) is 0 Å². The quantitative estimate of drug-likeness (QED) is 0.356. The molecule has 10 nitrogen and oxygen atoms in total. The van der Waals surface area contributed by atoms with E-state index in [2.05, 4.69) is 14.7 Å². The molecule has 0 bridgehead atoms. The Balaban J connectivity index is 2.02. The first-order valence-electron chi connectivity index (χ1n) is 6.80. The maximum atomic E-state index is 12.4. The van der Waals surface area contributed by atoms with Gasteiger partial charge in [0.1, 0.15) is 0 Å². The Bertz CT molecular complexity index is 1210. The topological polar surface area (TPSA) is 155 Å². The third kappa shape index (κ3) is 3.26. The summed E-state index contributed by atoms with van der Waals surface area (Å²) in [4.78, 5) is 37.1. The molecule has 0 aliphatic rings. The highest BCUT2D eigenvalue weighted by molar-refractivity contribution is 7.92. The molecule has 0 saturated carbocycles. The fourth-order valence-electron chi connectivity index (χ4n) is 2.16. The van der Waals surface area contributed by atoms with Gasteiger partial charge in [-0.05, 0) is 24.3 Å². The zero-order chi connectivity index (χ0) is 18.2. The van der Waals surface area contributed by atoms with Crippen LogP contribution in [0.25, 0.3) is 11.0 Å². The van der Waals surface area contributed by atoms with Crippen LogP contribution >= 0.6 is 0 Å². The molecule has 0 saturated heterocycles. The summed E-state index contributed by atoms with van der Waals surface area (Å²) < 4.78 is 27.1. The molecule has 3 rings (SSSR count). The number of hydrogen-bond donors (Lipinski definition) is 3. The Kier molecular flexibility index (Phi) is 3.85. The number of fused-ring (bicyclic) bond motifs is 1. The minimum atomic E-state index is -4.06. The maximum absolute atomic E-state index is 12.4. The molecule has 0 radical (unpaired) electrons. The van der Waals surface area contributed by atoms with Crippen LogP contribution in [-0.4, -0.2) is 23.3 Å². The SMILES string of the molecule is O=c1[nH]c2ccc(S(=O)(=O)Nc3cccc([N+](=O)[O-])c3)cc2[nH]c1=O. The lowest BCUT2D eigenvalue weighted by atomic mass is 10.3. The molecule has 11 heteroatoms. The number of benzene rings is 2. The van der Waals surface area contributed by atoms with Gasteiger partial charge in [0, 0.05) is 12.1 Å². The average molecular weight is 362 g/mol. The van der Waals surface area contributed by atoms with Gasteiger partial charge >= 0.3 is 11.1 Å². The number of nitro groups is 1. The first kappa shape index (κ1) is 16.4. The predicted octanol–water partition coefficient (Wildman–Crippen LogP) is 0.925. The van der Waals surface area contributed by atoms with Gasteiger partial charge in [0.05, 0.1) is 26.5 Å². The van der Waals surface area contributed by atoms with Crippen molar-refractivity contribution >= 4 is 32.4 Å². The molecule has 128 valence electrons. The summed E-state index contributed by atoms with van der Waals surface area (Å²) in [6, 6.07) is 8.76. The van der Waals surface area contributed by atoms with Gasteiger partial charge in [0.25, 0.3) is 15.7 Å². The summed E-state index contributed by atoms with van der Waals surface area (Å²) in [6.07, 6.45) is 0. The van der Waals surface area contributed by atoms with Gasteiger partial charge in [-0.1, -0.05) is 6.07 Å². The van der Waals surface area contributed by atoms with Crippen LogP contribution in [0.5, 0.6) is 0 Å². The normalized spacial score (nSPS) is 11.4.